The predicted octanol–water partition coefficient (Wildman–Crippen LogP) is 3.09. The standard InChI is InChI=1S/C14H24O3/c1-5-16-13(15)8-6-7-11(2)9-10-12-14(3,4)17-12/h6,8,11-12H,5,7,9-10H2,1-4H3/t11-,12?/m1/s1. The summed E-state index contributed by atoms with van der Waals surface area (Å²) >= 11 is 0. The number of hydrogen-bond donors (Lipinski definition) is 0. The van der Waals surface area contributed by atoms with E-state index in [1.807, 2.05) is 13.0 Å². The second-order valence-electron chi connectivity index (χ2n) is 5.28. The molecule has 3 heteroatoms. The summed E-state index contributed by atoms with van der Waals surface area (Å²) in [6, 6.07) is 0. The van der Waals surface area contributed by atoms with Crippen LogP contribution in [0.1, 0.15) is 47.0 Å². The Morgan fingerprint density at radius 2 is 2.18 bits per heavy atom. The van der Waals surface area contributed by atoms with Gasteiger partial charge in [-0.05, 0) is 46.0 Å². The Bertz CT molecular complexity index is 281. The maximum Gasteiger partial charge on any atom is 0.330 e. The molecule has 98 valence electrons. The molecule has 0 bridgehead atoms. The zero-order chi connectivity index (χ0) is 12.9. The van der Waals surface area contributed by atoms with Gasteiger partial charge in [-0.15, -0.1) is 0 Å². The Labute approximate surface area is 104 Å². The first-order valence-corrected chi connectivity index (χ1v) is 6.46. The van der Waals surface area contributed by atoms with Crippen molar-refractivity contribution in [2.45, 2.75) is 58.7 Å². The molecule has 1 saturated heterocycles. The Balaban J connectivity index is 2.09. The van der Waals surface area contributed by atoms with Gasteiger partial charge in [-0.3, -0.25) is 0 Å². The first kappa shape index (κ1) is 14.2. The highest BCUT2D eigenvalue weighted by Gasteiger charge is 2.46. The molecular formula is C14H24O3. The molecule has 0 spiro atoms. The second-order valence-corrected chi connectivity index (χ2v) is 5.28. The van der Waals surface area contributed by atoms with Gasteiger partial charge in [0.05, 0.1) is 18.3 Å². The summed E-state index contributed by atoms with van der Waals surface area (Å²) in [6.07, 6.45) is 7.03. The molecule has 1 aliphatic rings. The van der Waals surface area contributed by atoms with Gasteiger partial charge in [-0.25, -0.2) is 4.79 Å². The van der Waals surface area contributed by atoms with Crippen molar-refractivity contribution in [3.63, 3.8) is 0 Å². The number of allylic oxidation sites excluding steroid dienone is 1. The van der Waals surface area contributed by atoms with Crippen LogP contribution in [0.2, 0.25) is 0 Å². The van der Waals surface area contributed by atoms with Crippen molar-refractivity contribution in [1.29, 1.82) is 0 Å². The summed E-state index contributed by atoms with van der Waals surface area (Å²) < 4.78 is 10.4. The van der Waals surface area contributed by atoms with Crippen molar-refractivity contribution >= 4 is 5.97 Å². The molecule has 1 heterocycles. The first-order valence-electron chi connectivity index (χ1n) is 6.46. The first-order chi connectivity index (χ1) is 7.95. The summed E-state index contributed by atoms with van der Waals surface area (Å²) in [5.74, 6) is 0.340. The van der Waals surface area contributed by atoms with Crippen LogP contribution in [0.15, 0.2) is 12.2 Å². The highest BCUT2D eigenvalue weighted by atomic mass is 16.6. The van der Waals surface area contributed by atoms with E-state index in [0.29, 0.717) is 18.6 Å². The predicted molar refractivity (Wildman–Crippen MR) is 67.7 cm³/mol. The average molecular weight is 240 g/mol. The third kappa shape index (κ3) is 5.35. The van der Waals surface area contributed by atoms with Gasteiger partial charge in [0.15, 0.2) is 0 Å². The van der Waals surface area contributed by atoms with E-state index in [-0.39, 0.29) is 11.6 Å². The largest absolute Gasteiger partial charge is 0.463 e. The highest BCUT2D eigenvalue weighted by Crippen LogP contribution is 2.39. The van der Waals surface area contributed by atoms with Gasteiger partial charge in [0.25, 0.3) is 0 Å². The average Bonchev–Trinajstić information content (AvgIpc) is 2.84. The Hall–Kier alpha value is -0.830. The van der Waals surface area contributed by atoms with Crippen molar-refractivity contribution in [3.05, 3.63) is 12.2 Å². The quantitative estimate of drug-likeness (QED) is 0.390. The number of epoxide rings is 1. The van der Waals surface area contributed by atoms with Gasteiger partial charge in [-0.2, -0.15) is 0 Å². The van der Waals surface area contributed by atoms with Crippen LogP contribution in [-0.2, 0) is 14.3 Å². The van der Waals surface area contributed by atoms with Crippen LogP contribution in [0.25, 0.3) is 0 Å². The van der Waals surface area contributed by atoms with E-state index in [9.17, 15) is 4.79 Å². The Morgan fingerprint density at radius 1 is 1.53 bits per heavy atom. The van der Waals surface area contributed by atoms with E-state index in [4.69, 9.17) is 9.47 Å². The van der Waals surface area contributed by atoms with Gasteiger partial charge < -0.3 is 9.47 Å². The van der Waals surface area contributed by atoms with Gasteiger partial charge >= 0.3 is 5.97 Å². The summed E-state index contributed by atoms with van der Waals surface area (Å²) in [7, 11) is 0. The molecule has 1 aliphatic heterocycles. The minimum Gasteiger partial charge on any atom is -0.463 e. The molecule has 0 radical (unpaired) electrons. The number of ether oxygens (including phenoxy) is 2. The summed E-state index contributed by atoms with van der Waals surface area (Å²) in [6.45, 7) is 8.70. The lowest BCUT2D eigenvalue weighted by molar-refractivity contribution is -0.137. The maximum absolute atomic E-state index is 11.1. The number of hydrogen-bond acceptors (Lipinski definition) is 3. The molecule has 0 aromatic carbocycles. The van der Waals surface area contributed by atoms with Crippen molar-refractivity contribution in [1.82, 2.24) is 0 Å². The lowest BCUT2D eigenvalue weighted by atomic mass is 9.97. The van der Waals surface area contributed by atoms with E-state index >= 15 is 0 Å². The van der Waals surface area contributed by atoms with Crippen molar-refractivity contribution < 1.29 is 14.3 Å². The third-order valence-corrected chi connectivity index (χ3v) is 3.16. The summed E-state index contributed by atoms with van der Waals surface area (Å²) in [5.41, 5.74) is 0.0977. The monoisotopic (exact) mass is 240 g/mol. The minimum absolute atomic E-state index is 0.0977. The topological polar surface area (TPSA) is 38.8 Å². The van der Waals surface area contributed by atoms with Gasteiger partial charge in [-0.1, -0.05) is 13.0 Å². The van der Waals surface area contributed by atoms with Crippen molar-refractivity contribution in [2.24, 2.45) is 5.92 Å². The Morgan fingerprint density at radius 3 is 2.71 bits per heavy atom. The molecular weight excluding hydrogens is 216 g/mol. The van der Waals surface area contributed by atoms with Crippen LogP contribution < -0.4 is 0 Å². The SMILES string of the molecule is CCOC(=O)C=CC[C@@H](C)CCC1OC1(C)C. The molecule has 1 unspecified atom stereocenters. The summed E-state index contributed by atoms with van der Waals surface area (Å²) in [4.78, 5) is 11.1. The molecule has 1 fully saturated rings. The second kappa shape index (κ2) is 6.20. The molecule has 17 heavy (non-hydrogen) atoms. The number of carbonyl (C=O) groups excluding carboxylic acids is 1. The van der Waals surface area contributed by atoms with Crippen LogP contribution in [-0.4, -0.2) is 24.3 Å². The number of esters is 1. The van der Waals surface area contributed by atoms with Crippen LogP contribution in [0, 0.1) is 5.92 Å². The lowest BCUT2D eigenvalue weighted by Gasteiger charge is -2.07. The normalized spacial score (nSPS) is 23.6. The summed E-state index contributed by atoms with van der Waals surface area (Å²) in [5, 5.41) is 0. The molecule has 0 aromatic heterocycles. The van der Waals surface area contributed by atoms with Gasteiger partial charge in [0, 0.05) is 6.08 Å². The maximum atomic E-state index is 11.1. The zero-order valence-electron chi connectivity index (χ0n) is 11.4. The van der Waals surface area contributed by atoms with Crippen molar-refractivity contribution in [3.8, 4) is 0 Å². The van der Waals surface area contributed by atoms with E-state index in [0.717, 1.165) is 19.3 Å². The molecule has 1 rings (SSSR count). The van der Waals surface area contributed by atoms with E-state index in [1.165, 1.54) is 6.08 Å². The third-order valence-electron chi connectivity index (χ3n) is 3.16. The van der Waals surface area contributed by atoms with Crippen LogP contribution in [0.4, 0.5) is 0 Å². The Kier molecular flexibility index (Phi) is 5.19. The molecule has 0 saturated carbocycles. The minimum atomic E-state index is -0.244. The molecule has 0 aliphatic carbocycles. The fourth-order valence-electron chi connectivity index (χ4n) is 1.88. The highest BCUT2D eigenvalue weighted by molar-refractivity contribution is 5.81. The molecule has 0 N–H and O–H groups in total. The molecule has 2 atom stereocenters. The van der Waals surface area contributed by atoms with Crippen LogP contribution >= 0.6 is 0 Å². The van der Waals surface area contributed by atoms with Gasteiger partial charge in [0.2, 0.25) is 0 Å². The lowest BCUT2D eigenvalue weighted by Crippen LogP contribution is -2.05. The fraction of sp³-hybridized carbons (Fsp3) is 0.786. The number of rotatable bonds is 7. The van der Waals surface area contributed by atoms with E-state index in [2.05, 4.69) is 20.8 Å². The van der Waals surface area contributed by atoms with Gasteiger partial charge in [0.1, 0.15) is 0 Å². The fourth-order valence-corrected chi connectivity index (χ4v) is 1.88. The van der Waals surface area contributed by atoms with E-state index < -0.39 is 0 Å². The molecule has 3 nitrogen and oxygen atoms in total. The zero-order valence-corrected chi connectivity index (χ0v) is 11.4. The van der Waals surface area contributed by atoms with Crippen LogP contribution in [0.5, 0.6) is 0 Å². The number of carbonyl (C=O) groups is 1. The molecule has 0 aromatic rings. The molecule has 0 amide bonds. The van der Waals surface area contributed by atoms with Crippen LogP contribution in [0.3, 0.4) is 0 Å². The smallest absolute Gasteiger partial charge is 0.330 e. The van der Waals surface area contributed by atoms with E-state index in [1.54, 1.807) is 0 Å². The van der Waals surface area contributed by atoms with Crippen molar-refractivity contribution in [2.75, 3.05) is 6.61 Å².